The van der Waals surface area contributed by atoms with E-state index in [4.69, 9.17) is 9.84 Å². The second-order valence-electron chi connectivity index (χ2n) is 6.53. The second kappa shape index (κ2) is 6.59. The van der Waals surface area contributed by atoms with E-state index in [1.165, 1.54) is 5.56 Å². The van der Waals surface area contributed by atoms with Gasteiger partial charge in [0.25, 0.3) is 5.91 Å². The van der Waals surface area contributed by atoms with E-state index in [2.05, 4.69) is 11.4 Å². The molecule has 0 fully saturated rings. The fourth-order valence-electron chi connectivity index (χ4n) is 2.88. The van der Waals surface area contributed by atoms with Crippen LogP contribution < -0.4 is 10.1 Å². The van der Waals surface area contributed by atoms with Crippen LogP contribution in [0.5, 0.6) is 5.75 Å². The summed E-state index contributed by atoms with van der Waals surface area (Å²) in [6, 6.07) is 10.9. The van der Waals surface area contributed by atoms with Gasteiger partial charge in [-0.2, -0.15) is 0 Å². The molecule has 2 unspecified atom stereocenters. The number of carbonyl (C=O) groups excluding carboxylic acids is 1. The van der Waals surface area contributed by atoms with Crippen LogP contribution in [0.4, 0.5) is 5.69 Å². The van der Waals surface area contributed by atoms with E-state index in [1.807, 2.05) is 19.9 Å². The number of fused-ring (bicyclic) bond motifs is 1. The summed E-state index contributed by atoms with van der Waals surface area (Å²) in [5.41, 5.74) is 4.70. The molecule has 0 aromatic heterocycles. The van der Waals surface area contributed by atoms with Crippen LogP contribution >= 0.6 is 0 Å². The van der Waals surface area contributed by atoms with E-state index in [-0.39, 0.29) is 5.91 Å². The third kappa shape index (κ3) is 3.50. The van der Waals surface area contributed by atoms with Crippen molar-refractivity contribution in [3.05, 3.63) is 58.7 Å². The molecule has 1 aliphatic rings. The Labute approximate surface area is 146 Å². The topological polar surface area (TPSA) is 75.6 Å². The number of amides is 1. The minimum atomic E-state index is -0.875. The van der Waals surface area contributed by atoms with Crippen LogP contribution in [0.25, 0.3) is 0 Å². The van der Waals surface area contributed by atoms with Crippen LogP contribution in [-0.4, -0.2) is 23.1 Å². The van der Waals surface area contributed by atoms with E-state index < -0.39 is 18.0 Å². The molecular weight excluding hydrogens is 318 g/mol. The van der Waals surface area contributed by atoms with Gasteiger partial charge >= 0.3 is 5.97 Å². The van der Waals surface area contributed by atoms with Gasteiger partial charge in [0, 0.05) is 12.1 Å². The molecule has 0 saturated carbocycles. The van der Waals surface area contributed by atoms with Gasteiger partial charge in [-0.25, -0.2) is 0 Å². The van der Waals surface area contributed by atoms with Gasteiger partial charge in [0.15, 0.2) is 6.10 Å². The van der Waals surface area contributed by atoms with Crippen LogP contribution in [0.1, 0.15) is 35.1 Å². The summed E-state index contributed by atoms with van der Waals surface area (Å²) >= 11 is 0. The highest BCUT2D eigenvalue weighted by molar-refractivity contribution is 5.95. The number of hydrogen-bond acceptors (Lipinski definition) is 3. The van der Waals surface area contributed by atoms with Gasteiger partial charge in [0.2, 0.25) is 0 Å². The van der Waals surface area contributed by atoms with Gasteiger partial charge in [0.05, 0.1) is 5.92 Å². The third-order valence-corrected chi connectivity index (χ3v) is 4.69. The zero-order valence-corrected chi connectivity index (χ0v) is 14.5. The molecule has 1 amide bonds. The fraction of sp³-hybridized carbons (Fsp3) is 0.300. The number of aryl methyl sites for hydroxylation is 2. The first-order valence-corrected chi connectivity index (χ1v) is 8.25. The second-order valence-corrected chi connectivity index (χ2v) is 6.53. The highest BCUT2D eigenvalue weighted by Crippen LogP contribution is 2.32. The van der Waals surface area contributed by atoms with Crippen LogP contribution in [-0.2, 0) is 16.0 Å². The fourth-order valence-corrected chi connectivity index (χ4v) is 2.88. The lowest BCUT2D eigenvalue weighted by atomic mass is 10.0. The number of ether oxygens (including phenoxy) is 1. The van der Waals surface area contributed by atoms with E-state index in [0.29, 0.717) is 17.7 Å². The molecule has 2 atom stereocenters. The lowest BCUT2D eigenvalue weighted by Gasteiger charge is -2.12. The Morgan fingerprint density at radius 2 is 1.80 bits per heavy atom. The monoisotopic (exact) mass is 339 g/mol. The Kier molecular flexibility index (Phi) is 4.49. The van der Waals surface area contributed by atoms with Gasteiger partial charge in [-0.05, 0) is 61.2 Å². The molecule has 25 heavy (non-hydrogen) atoms. The Morgan fingerprint density at radius 3 is 2.44 bits per heavy atom. The number of carboxylic acids is 1. The zero-order valence-electron chi connectivity index (χ0n) is 14.5. The number of carboxylic acid groups (broad SMARTS) is 1. The summed E-state index contributed by atoms with van der Waals surface area (Å²) in [5.74, 6) is -0.886. The average molecular weight is 339 g/mol. The molecule has 2 aromatic rings. The quantitative estimate of drug-likeness (QED) is 0.895. The molecule has 2 aromatic carbocycles. The smallest absolute Gasteiger partial charge is 0.310 e. The summed E-state index contributed by atoms with van der Waals surface area (Å²) in [7, 11) is 0. The van der Waals surface area contributed by atoms with Crippen molar-refractivity contribution in [2.45, 2.75) is 39.2 Å². The Bertz CT molecular complexity index is 795. The van der Waals surface area contributed by atoms with E-state index in [9.17, 15) is 9.59 Å². The van der Waals surface area contributed by atoms with Crippen LogP contribution in [0, 0.1) is 13.8 Å². The minimum Gasteiger partial charge on any atom is -0.481 e. The summed E-state index contributed by atoms with van der Waals surface area (Å²) < 4.78 is 5.78. The number of carbonyl (C=O) groups is 2. The number of hydrogen-bond donors (Lipinski definition) is 2. The molecule has 0 radical (unpaired) electrons. The van der Waals surface area contributed by atoms with Gasteiger partial charge in [-0.15, -0.1) is 0 Å². The van der Waals surface area contributed by atoms with Crippen molar-refractivity contribution in [2.24, 2.45) is 0 Å². The van der Waals surface area contributed by atoms with Crippen molar-refractivity contribution in [1.29, 1.82) is 0 Å². The number of rotatable bonds is 4. The van der Waals surface area contributed by atoms with E-state index in [1.54, 1.807) is 31.2 Å². The van der Waals surface area contributed by atoms with Crippen molar-refractivity contribution in [3.63, 3.8) is 0 Å². The van der Waals surface area contributed by atoms with Crippen LogP contribution in [0.3, 0.4) is 0 Å². The molecular formula is C20H21NO4. The summed E-state index contributed by atoms with van der Waals surface area (Å²) in [5, 5.41) is 11.9. The van der Waals surface area contributed by atoms with Gasteiger partial charge in [-0.1, -0.05) is 18.2 Å². The van der Waals surface area contributed by atoms with Gasteiger partial charge < -0.3 is 15.2 Å². The molecule has 1 heterocycles. The third-order valence-electron chi connectivity index (χ3n) is 4.69. The Morgan fingerprint density at radius 1 is 1.16 bits per heavy atom. The molecule has 0 aliphatic carbocycles. The number of aliphatic carboxylic acids is 1. The van der Waals surface area contributed by atoms with Gasteiger partial charge in [-0.3, -0.25) is 9.59 Å². The number of nitrogens with one attached hydrogen (secondary N) is 1. The van der Waals surface area contributed by atoms with Crippen LogP contribution in [0.2, 0.25) is 0 Å². The normalized spacial score (nSPS) is 16.7. The van der Waals surface area contributed by atoms with Crippen molar-refractivity contribution in [2.75, 3.05) is 5.32 Å². The molecule has 0 spiro atoms. The van der Waals surface area contributed by atoms with E-state index in [0.717, 1.165) is 16.9 Å². The largest absolute Gasteiger partial charge is 0.481 e. The molecule has 0 bridgehead atoms. The lowest BCUT2D eigenvalue weighted by molar-refractivity contribution is -0.138. The molecule has 2 N–H and O–H groups in total. The maximum atomic E-state index is 12.4. The van der Waals surface area contributed by atoms with Gasteiger partial charge in [0.1, 0.15) is 5.75 Å². The number of anilines is 1. The maximum Gasteiger partial charge on any atom is 0.310 e. The predicted molar refractivity (Wildman–Crippen MR) is 95.2 cm³/mol. The molecule has 3 rings (SSSR count). The minimum absolute atomic E-state index is 0.203. The Balaban J connectivity index is 1.66. The molecule has 0 saturated heterocycles. The standard InChI is InChI=1S/C20H21NO4/c1-11-8-15-10-18(25-17(15)9-12(11)2)19(22)21-16-6-4-14(5-7-16)13(3)20(23)24/h4-9,13,18H,10H2,1-3H3,(H,21,22)(H,23,24). The first-order chi connectivity index (χ1) is 11.8. The summed E-state index contributed by atoms with van der Waals surface area (Å²) in [4.78, 5) is 23.5. The van der Waals surface area contributed by atoms with Crippen molar-refractivity contribution < 1.29 is 19.4 Å². The van der Waals surface area contributed by atoms with Crippen molar-refractivity contribution >= 4 is 17.6 Å². The maximum absolute atomic E-state index is 12.4. The number of benzene rings is 2. The first-order valence-electron chi connectivity index (χ1n) is 8.25. The summed E-state index contributed by atoms with van der Waals surface area (Å²) in [6.07, 6.45) is 0.00461. The first kappa shape index (κ1) is 17.0. The Hall–Kier alpha value is -2.82. The molecule has 5 nitrogen and oxygen atoms in total. The molecule has 5 heteroatoms. The predicted octanol–water partition coefficient (Wildman–Crippen LogP) is 3.43. The zero-order chi connectivity index (χ0) is 18.1. The summed E-state index contributed by atoms with van der Waals surface area (Å²) in [6.45, 7) is 5.69. The van der Waals surface area contributed by atoms with Crippen molar-refractivity contribution in [1.82, 2.24) is 0 Å². The molecule has 130 valence electrons. The highest BCUT2D eigenvalue weighted by Gasteiger charge is 2.29. The SMILES string of the molecule is Cc1cc2c(cc1C)OC(C(=O)Nc1ccc(C(C)C(=O)O)cc1)C2. The van der Waals surface area contributed by atoms with E-state index >= 15 is 0 Å². The van der Waals surface area contributed by atoms with Crippen molar-refractivity contribution in [3.8, 4) is 5.75 Å². The highest BCUT2D eigenvalue weighted by atomic mass is 16.5. The molecule has 1 aliphatic heterocycles. The average Bonchev–Trinajstić information content (AvgIpc) is 2.98. The lowest BCUT2D eigenvalue weighted by Crippen LogP contribution is -2.31. The van der Waals surface area contributed by atoms with Crippen LogP contribution in [0.15, 0.2) is 36.4 Å².